The lowest BCUT2D eigenvalue weighted by Gasteiger charge is -2.27. The summed E-state index contributed by atoms with van der Waals surface area (Å²) in [7, 11) is -3.82. The first kappa shape index (κ1) is 75.4. The number of fused-ring (bicyclic) bond motifs is 2. The second kappa shape index (κ2) is 53.8. The van der Waals surface area contributed by atoms with Crippen molar-refractivity contribution in [3.63, 3.8) is 0 Å². The maximum atomic E-state index is 13.4. The molecule has 2 aliphatic rings. The average Bonchev–Trinajstić information content (AvgIpc) is 1.59. The molecule has 7 aromatic carbocycles. The van der Waals surface area contributed by atoms with Gasteiger partial charge in [-0.1, -0.05) is 44.2 Å². The molecule has 3 atom stereocenters. The number of nitrogens with one attached hydrogen (secondary N) is 2. The summed E-state index contributed by atoms with van der Waals surface area (Å²) in [5.74, 6) is -6.23. The van der Waals surface area contributed by atoms with E-state index in [0.717, 1.165) is 49.7 Å². The number of nitrogens with two attached hydrogens (primary N) is 4. The Morgan fingerprint density at radius 3 is 1.17 bits per heavy atom. The van der Waals surface area contributed by atoms with Gasteiger partial charge in [0.1, 0.15) is 42.1 Å². The highest BCUT2D eigenvalue weighted by molar-refractivity contribution is 7.91. The molecule has 34 nitrogen and oxygen atoms in total. The van der Waals surface area contributed by atoms with E-state index < -0.39 is 143 Å². The predicted molar refractivity (Wildman–Crippen MR) is 453 cm³/mol. The number of ether oxygens (including phenoxy) is 10. The molecule has 9 rings (SSSR count). The van der Waals surface area contributed by atoms with Crippen LogP contribution in [-0.4, -0.2) is 205 Å². The molecule has 2 heterocycles. The number of methoxy groups -OCH3 is 5. The van der Waals surface area contributed by atoms with E-state index in [2.05, 4.69) is 15.4 Å². The van der Waals surface area contributed by atoms with Gasteiger partial charge in [-0.2, -0.15) is 13.5 Å². The van der Waals surface area contributed by atoms with Crippen LogP contribution < -0.4 is 76.2 Å². The van der Waals surface area contributed by atoms with E-state index in [1.807, 2.05) is 13.8 Å². The van der Waals surface area contributed by atoms with Gasteiger partial charge in [-0.15, -0.1) is 0 Å². The highest BCUT2D eigenvalue weighted by atomic mass is 32.2. The molecule has 0 fully saturated rings. The van der Waals surface area contributed by atoms with Crippen molar-refractivity contribution in [1.82, 2.24) is 4.90 Å². The van der Waals surface area contributed by atoms with Crippen LogP contribution >= 0.6 is 13.5 Å². The number of nitrogens with zero attached hydrogens (tertiary/aromatic N) is 1. The third-order valence-corrected chi connectivity index (χ3v) is 16.9. The number of aromatic hydroxyl groups is 1. The fourth-order valence-corrected chi connectivity index (χ4v) is 12.2. The monoisotopic (exact) mass is 1750 g/mol. The number of phenolic OH excluding ortho intramolecular Hbond substituents is 1. The number of phenols is 1. The van der Waals surface area contributed by atoms with Gasteiger partial charge in [0.2, 0.25) is 11.8 Å². The Kier molecular flexibility index (Phi) is 34.3. The minimum absolute atomic E-state index is 0. The van der Waals surface area contributed by atoms with Crippen molar-refractivity contribution < 1.29 is 153 Å². The van der Waals surface area contributed by atoms with Crippen LogP contribution in [0.25, 0.3) is 0 Å². The number of imide groups is 1. The van der Waals surface area contributed by atoms with Gasteiger partial charge < -0.3 is 91.1 Å². The number of carbonyl (C=O) groups excluding carboxylic acids is 8. The Bertz CT molecular complexity index is 5600. The van der Waals surface area contributed by atoms with Crippen LogP contribution in [0, 0.1) is 0 Å². The van der Waals surface area contributed by atoms with Gasteiger partial charge >= 0.3 is 11.9 Å². The van der Waals surface area contributed by atoms with Gasteiger partial charge in [-0.05, 0) is 154 Å². The minimum Gasteiger partial charge on any atom is -0.504 e. The lowest BCUT2D eigenvalue weighted by molar-refractivity contribution is -0.134. The number of sulfone groups is 3. The van der Waals surface area contributed by atoms with Crippen molar-refractivity contribution in [2.75, 3.05) is 122 Å². The zero-order chi connectivity index (χ0) is 106. The molecule has 0 spiro atoms. The van der Waals surface area contributed by atoms with Crippen LogP contribution in [0.4, 0.5) is 11.4 Å². The fourth-order valence-electron chi connectivity index (χ4n) is 9.59. The van der Waals surface area contributed by atoms with E-state index in [0.29, 0.717) is 40.7 Å². The molecule has 0 aliphatic carbocycles. The lowest BCUT2D eigenvalue weighted by Crippen LogP contribution is -2.37. The number of hydrogen-bond acceptors (Lipinski definition) is 30. The van der Waals surface area contributed by atoms with E-state index in [1.165, 1.54) is 146 Å². The summed E-state index contributed by atoms with van der Waals surface area (Å²) in [6.07, 6.45) is 4.20. The van der Waals surface area contributed by atoms with E-state index in [4.69, 9.17) is 108 Å². The summed E-state index contributed by atoms with van der Waals surface area (Å²) < 4.78 is 266. The SMILES string of the molecule is CC(=O)Nc1cccc2c1C(=O)OC2=O.CC(=O)O.CCN.CCN.COc1ccc(C=O)cc1O.S.[2H]C([2H])([2H])C([2H])([2H])Oc1cc(C(N)CS(C)(=O)=O)ccc1OC.[2H]C([2H])([2H])C([2H])([2H])Oc1cc(C=O)ccc1OC.[2H]C([2H])([2H])C([2H])([2H])Oc1cc([C@@H](CS(C)(=O)=O)N2C(=O)c3cccc(NC(C)=O)c3C2=O)ccc1OC.[2H]C([2H])([2H])C([2H])([2H])Oc1cc([C@H](N)CS(C)(=O)=O)ccc1OC. The first-order chi connectivity index (χ1) is 62.6. The Morgan fingerprint density at radius 2 is 0.822 bits per heavy atom. The molecule has 0 bridgehead atoms. The molecule has 0 aromatic heterocycles. The van der Waals surface area contributed by atoms with Crippen LogP contribution in [0.2, 0.25) is 0 Å². The maximum Gasteiger partial charge on any atom is 0.349 e. The van der Waals surface area contributed by atoms with E-state index in [9.17, 15) is 63.6 Å². The van der Waals surface area contributed by atoms with Crippen molar-refractivity contribution in [3.05, 3.63) is 177 Å². The maximum absolute atomic E-state index is 13.4. The number of carboxylic acids is 1. The third-order valence-electron chi connectivity index (χ3n) is 14.1. The number of aliphatic carboxylic acids is 1. The number of benzene rings is 7. The van der Waals surface area contributed by atoms with Gasteiger partial charge in [-0.3, -0.25) is 38.5 Å². The number of anilines is 2. The highest BCUT2D eigenvalue weighted by Gasteiger charge is 2.44. The van der Waals surface area contributed by atoms with Crippen molar-refractivity contribution in [2.24, 2.45) is 22.9 Å². The van der Waals surface area contributed by atoms with Gasteiger partial charge in [0.25, 0.3) is 17.8 Å². The molecular weight excluding hydrogens is 1620 g/mol. The van der Waals surface area contributed by atoms with Crippen LogP contribution in [0.5, 0.6) is 57.5 Å². The van der Waals surface area contributed by atoms with Crippen LogP contribution in [0.15, 0.2) is 127 Å². The summed E-state index contributed by atoms with van der Waals surface area (Å²) in [5.41, 5.74) is 23.3. The zero-order valence-corrected chi connectivity index (χ0v) is 69.6. The zero-order valence-electron chi connectivity index (χ0n) is 86.1. The Labute approximate surface area is 723 Å². The Hall–Kier alpha value is -11.4. The molecule has 1 unspecified atom stereocenters. The summed E-state index contributed by atoms with van der Waals surface area (Å²) in [6.45, 7) is -15.1. The molecule has 0 saturated carbocycles. The number of carboxylic acid groups (broad SMARTS) is 1. The minimum atomic E-state index is -3.81. The molecular formula is C80H109N7O27S4. The molecule has 2 aliphatic heterocycles. The number of esters is 2. The number of amides is 4. The molecule has 7 aromatic rings. The van der Waals surface area contributed by atoms with Gasteiger partial charge in [-0.25, -0.2) is 34.8 Å². The first-order valence-corrected chi connectivity index (χ1v) is 39.7. The van der Waals surface area contributed by atoms with Crippen molar-refractivity contribution in [1.29, 1.82) is 0 Å². The predicted octanol–water partition coefficient (Wildman–Crippen LogP) is 8.92. The third kappa shape index (κ3) is 36.8. The smallest absolute Gasteiger partial charge is 0.349 e. The van der Waals surface area contributed by atoms with Gasteiger partial charge in [0, 0.05) is 79.2 Å². The van der Waals surface area contributed by atoms with E-state index in [1.54, 1.807) is 24.3 Å². The average molecular weight is 1750 g/mol. The number of hydrogen-bond donors (Lipinski definition) is 8. The van der Waals surface area contributed by atoms with E-state index in [-0.39, 0.29) is 122 Å². The second-order valence-electron chi connectivity index (χ2n) is 23.4. The van der Waals surface area contributed by atoms with E-state index >= 15 is 0 Å². The van der Waals surface area contributed by atoms with Crippen molar-refractivity contribution in [3.8, 4) is 57.5 Å². The first-order valence-electron chi connectivity index (χ1n) is 43.5. The fraction of sp³-hybridized carbons (Fsp3) is 0.362. The summed E-state index contributed by atoms with van der Waals surface area (Å²) in [4.78, 5) is 102. The summed E-state index contributed by atoms with van der Waals surface area (Å²) in [6, 6.07) is 26.4. The van der Waals surface area contributed by atoms with Gasteiger partial charge in [0.15, 0.2) is 57.5 Å². The van der Waals surface area contributed by atoms with Crippen LogP contribution in [-0.2, 0) is 48.6 Å². The number of rotatable bonds is 27. The largest absolute Gasteiger partial charge is 0.504 e. The molecule has 0 saturated heterocycles. The molecule has 38 heteroatoms. The summed E-state index contributed by atoms with van der Waals surface area (Å²) >= 11 is 0. The molecule has 12 N–H and O–H groups in total. The highest BCUT2D eigenvalue weighted by Crippen LogP contribution is 2.40. The van der Waals surface area contributed by atoms with Gasteiger partial charge in [0.05, 0.1) is 130 Å². The molecule has 118 heavy (non-hydrogen) atoms. The van der Waals surface area contributed by atoms with Crippen LogP contribution in [0.3, 0.4) is 0 Å². The topological polar surface area (TPSA) is 520 Å². The Balaban J connectivity index is 0.00000165. The molecule has 650 valence electrons. The lowest BCUT2D eigenvalue weighted by atomic mass is 10.1. The van der Waals surface area contributed by atoms with Crippen molar-refractivity contribution in [2.45, 2.75) is 80.2 Å². The second-order valence-corrected chi connectivity index (χ2v) is 30.0. The standard InChI is InChI=1S/C22H24N2O7S.2C12H19NO4S.C10H7NO4.C10H12O3.C8H8O3.2C2H7N.C2H4O2.H2S/c1-5-31-19-11-14(9-10-18(19)30-3)17(12-32(4,28)29)24-21(26)15-7-6-8-16(23-13(2)25)20(15)22(24)27;2*1-4-17-12-7-9(5-6-11(12)16-2)10(13)8-18(3,14)15;1-5(12)11-7-4-2-3-6-8(7)10(14)15-9(6)13;1-3-13-10-6-8(7-11)4-5-9(10)12-2;1-11-8-3-2-6(5-9)4-7(8)10;2*1-2-3;1-2(3)4;/h6-11,17H,5,12H2,1-4H3,(H,23,25);2*5-7,10H,4,8,13H2,1-3H3;2-4H,1H3,(H,11,12);4-7H,3H2,1-2H3;2-5,10H,1H3;2*2-3H2,1H3;1H3,(H,3,4);1H2/t17-;10-;;;;;;;;/m11......../s1/i1D3,5D2;2*1D3,4D2;;1D3,3D2;;;;;. The Morgan fingerprint density at radius 1 is 0.492 bits per heavy atom. The number of aldehydes is 2. The molecule has 4 amide bonds. The van der Waals surface area contributed by atoms with Crippen LogP contribution in [0.1, 0.15) is 186 Å². The molecule has 0 radical (unpaired) electrons. The quantitative estimate of drug-likeness (QED) is 0.0103. The number of carbonyl (C=O) groups is 9. The number of cyclic esters (lactones) is 2. The summed E-state index contributed by atoms with van der Waals surface area (Å²) in [5, 5.41) is 21.5. The normalized spacial score (nSPS) is 15.4. The van der Waals surface area contributed by atoms with Crippen molar-refractivity contribution >= 4 is 108 Å².